The van der Waals surface area contributed by atoms with Gasteiger partial charge in [-0.1, -0.05) is 23.2 Å². The van der Waals surface area contributed by atoms with E-state index in [1.54, 1.807) is 7.05 Å². The third-order valence-corrected chi connectivity index (χ3v) is 3.07. The molecule has 7 heteroatoms. The van der Waals surface area contributed by atoms with E-state index in [-0.39, 0.29) is 28.7 Å². The normalized spacial score (nSPS) is 10.4. The van der Waals surface area contributed by atoms with Gasteiger partial charge < -0.3 is 10.2 Å². The van der Waals surface area contributed by atoms with Crippen molar-refractivity contribution in [3.05, 3.63) is 22.4 Å². The fourth-order valence-corrected chi connectivity index (χ4v) is 1.64. The molecule has 1 aromatic rings. The molecule has 0 aliphatic rings. The highest BCUT2D eigenvalue weighted by atomic mass is 35.5. The number of pyridine rings is 1. The van der Waals surface area contributed by atoms with Crippen LogP contribution in [-0.4, -0.2) is 34.8 Å². The van der Waals surface area contributed by atoms with E-state index in [4.69, 9.17) is 23.2 Å². The van der Waals surface area contributed by atoms with Crippen LogP contribution < -0.4 is 5.32 Å². The zero-order valence-electron chi connectivity index (χ0n) is 10.9. The summed E-state index contributed by atoms with van der Waals surface area (Å²) >= 11 is 11.5. The lowest BCUT2D eigenvalue weighted by atomic mass is 10.3. The van der Waals surface area contributed by atoms with Crippen LogP contribution in [0.15, 0.2) is 12.1 Å². The Bertz CT molecular complexity index is 492. The first kappa shape index (κ1) is 15.7. The number of carbonyl (C=O) groups excluding carboxylic acids is 2. The Hall–Kier alpha value is -1.33. The van der Waals surface area contributed by atoms with Gasteiger partial charge >= 0.3 is 0 Å². The van der Waals surface area contributed by atoms with Gasteiger partial charge in [0.05, 0.1) is 5.69 Å². The molecule has 2 amide bonds. The number of nitrogens with one attached hydrogen (secondary N) is 1. The van der Waals surface area contributed by atoms with E-state index < -0.39 is 5.91 Å². The van der Waals surface area contributed by atoms with E-state index in [2.05, 4.69) is 10.3 Å². The maximum Gasteiger partial charge on any atom is 0.233 e. The third-order valence-electron chi connectivity index (χ3n) is 2.57. The average molecular weight is 304 g/mol. The summed E-state index contributed by atoms with van der Waals surface area (Å²) in [6.07, 6.45) is -0.242. The Kier molecular flexibility index (Phi) is 5.57. The molecule has 19 heavy (non-hydrogen) atoms. The zero-order valence-corrected chi connectivity index (χ0v) is 12.4. The number of carbonyl (C=O) groups is 2. The average Bonchev–Trinajstić information content (AvgIpc) is 2.31. The minimum atomic E-state index is -0.441. The fourth-order valence-electron chi connectivity index (χ4n) is 1.25. The number of hydrogen-bond donors (Lipinski definition) is 1. The van der Waals surface area contributed by atoms with Crippen LogP contribution in [0, 0.1) is 0 Å². The molecule has 0 atom stereocenters. The van der Waals surface area contributed by atoms with Crippen molar-refractivity contribution in [3.63, 3.8) is 0 Å². The van der Waals surface area contributed by atoms with Gasteiger partial charge in [-0.05, 0) is 26.0 Å². The second-order valence-corrected chi connectivity index (χ2v) is 5.04. The van der Waals surface area contributed by atoms with Crippen LogP contribution in [0.5, 0.6) is 0 Å². The highest BCUT2D eigenvalue weighted by Crippen LogP contribution is 2.21. The van der Waals surface area contributed by atoms with Gasteiger partial charge in [-0.3, -0.25) is 9.59 Å². The summed E-state index contributed by atoms with van der Waals surface area (Å²) in [6, 6.07) is 3.08. The molecule has 5 nitrogen and oxygen atoms in total. The number of halogens is 2. The Balaban J connectivity index is 2.63. The first-order chi connectivity index (χ1) is 8.81. The number of aromatic nitrogens is 1. The molecule has 1 rings (SSSR count). The molecule has 0 aromatic carbocycles. The van der Waals surface area contributed by atoms with Gasteiger partial charge in [0.2, 0.25) is 11.8 Å². The molecule has 0 unspecified atom stereocenters. The molecular weight excluding hydrogens is 289 g/mol. The smallest absolute Gasteiger partial charge is 0.233 e. The summed E-state index contributed by atoms with van der Waals surface area (Å²) < 4.78 is 0. The van der Waals surface area contributed by atoms with Crippen molar-refractivity contribution in [1.29, 1.82) is 0 Å². The van der Waals surface area contributed by atoms with Crippen LogP contribution in [0.2, 0.25) is 10.3 Å². The van der Waals surface area contributed by atoms with Crippen molar-refractivity contribution in [2.75, 3.05) is 12.4 Å². The Morgan fingerprint density at radius 1 is 1.37 bits per heavy atom. The molecule has 1 N–H and O–H groups in total. The van der Waals surface area contributed by atoms with Gasteiger partial charge in [-0.2, -0.15) is 0 Å². The lowest BCUT2D eigenvalue weighted by Crippen LogP contribution is -2.35. The molecular formula is C12H15Cl2N3O2. The van der Waals surface area contributed by atoms with E-state index >= 15 is 0 Å². The number of rotatable bonds is 4. The van der Waals surface area contributed by atoms with Crippen LogP contribution in [0.3, 0.4) is 0 Å². The van der Waals surface area contributed by atoms with Crippen molar-refractivity contribution in [2.45, 2.75) is 26.3 Å². The number of nitrogens with zero attached hydrogens (tertiary/aromatic N) is 2. The highest BCUT2D eigenvalue weighted by Gasteiger charge is 2.17. The van der Waals surface area contributed by atoms with Crippen LogP contribution in [0.25, 0.3) is 0 Å². The third kappa shape index (κ3) is 4.69. The van der Waals surface area contributed by atoms with Gasteiger partial charge in [-0.25, -0.2) is 4.98 Å². The predicted octanol–water partition coefficient (Wildman–Crippen LogP) is 2.58. The first-order valence-electron chi connectivity index (χ1n) is 5.68. The number of hydrogen-bond acceptors (Lipinski definition) is 3. The molecule has 0 saturated heterocycles. The first-order valence-corrected chi connectivity index (χ1v) is 6.44. The SMILES string of the molecule is CC(C)N(C)C(=O)CC(=O)Nc1ccc(Cl)nc1Cl. The van der Waals surface area contributed by atoms with Crippen molar-refractivity contribution < 1.29 is 9.59 Å². The summed E-state index contributed by atoms with van der Waals surface area (Å²) in [6.45, 7) is 3.74. The molecule has 1 heterocycles. The standard InChI is InChI=1S/C12H15Cl2N3O2/c1-7(2)17(3)11(19)6-10(18)15-8-4-5-9(13)16-12(8)14/h4-5,7H,6H2,1-3H3,(H,15,18). The number of amides is 2. The van der Waals surface area contributed by atoms with Crippen LogP contribution in [0.1, 0.15) is 20.3 Å². The fraction of sp³-hybridized carbons (Fsp3) is 0.417. The number of anilines is 1. The molecule has 0 aliphatic carbocycles. The largest absolute Gasteiger partial charge is 0.343 e. The van der Waals surface area contributed by atoms with Gasteiger partial charge in [0.25, 0.3) is 0 Å². The zero-order chi connectivity index (χ0) is 14.6. The van der Waals surface area contributed by atoms with Crippen molar-refractivity contribution >= 4 is 40.7 Å². The van der Waals surface area contributed by atoms with Crippen molar-refractivity contribution in [3.8, 4) is 0 Å². The van der Waals surface area contributed by atoms with E-state index in [0.717, 1.165) is 0 Å². The van der Waals surface area contributed by atoms with Crippen LogP contribution in [-0.2, 0) is 9.59 Å². The van der Waals surface area contributed by atoms with Crippen LogP contribution >= 0.6 is 23.2 Å². The molecule has 1 aromatic heterocycles. The molecule has 0 aliphatic heterocycles. The van der Waals surface area contributed by atoms with E-state index in [1.165, 1.54) is 17.0 Å². The molecule has 104 valence electrons. The molecule has 0 spiro atoms. The Morgan fingerprint density at radius 2 is 2.00 bits per heavy atom. The summed E-state index contributed by atoms with van der Waals surface area (Å²) in [4.78, 5) is 28.7. The monoisotopic (exact) mass is 303 g/mol. The second kappa shape index (κ2) is 6.73. The quantitative estimate of drug-likeness (QED) is 0.687. The summed E-state index contributed by atoms with van der Waals surface area (Å²) in [5.74, 6) is -0.700. The van der Waals surface area contributed by atoms with Crippen LogP contribution in [0.4, 0.5) is 5.69 Å². The van der Waals surface area contributed by atoms with Crippen molar-refractivity contribution in [2.24, 2.45) is 0 Å². The van der Waals surface area contributed by atoms with E-state index in [9.17, 15) is 9.59 Å². The molecule has 0 fully saturated rings. The topological polar surface area (TPSA) is 62.3 Å². The predicted molar refractivity (Wildman–Crippen MR) is 75.4 cm³/mol. The summed E-state index contributed by atoms with van der Waals surface area (Å²) in [7, 11) is 1.65. The van der Waals surface area contributed by atoms with E-state index in [1.807, 2.05) is 13.8 Å². The highest BCUT2D eigenvalue weighted by molar-refractivity contribution is 6.34. The van der Waals surface area contributed by atoms with Gasteiger partial charge in [0, 0.05) is 13.1 Å². The van der Waals surface area contributed by atoms with E-state index in [0.29, 0.717) is 5.69 Å². The Morgan fingerprint density at radius 3 is 2.53 bits per heavy atom. The molecule has 0 saturated carbocycles. The lowest BCUT2D eigenvalue weighted by Gasteiger charge is -2.21. The second-order valence-electron chi connectivity index (χ2n) is 4.30. The Labute approximate surface area is 121 Å². The lowest BCUT2D eigenvalue weighted by molar-refractivity contribution is -0.134. The maximum atomic E-state index is 11.7. The minimum absolute atomic E-state index is 0.0427. The summed E-state index contributed by atoms with van der Waals surface area (Å²) in [5, 5.41) is 2.85. The van der Waals surface area contributed by atoms with Gasteiger partial charge in [0.15, 0.2) is 5.15 Å². The molecule has 0 bridgehead atoms. The minimum Gasteiger partial charge on any atom is -0.343 e. The van der Waals surface area contributed by atoms with Crippen molar-refractivity contribution in [1.82, 2.24) is 9.88 Å². The van der Waals surface area contributed by atoms with Gasteiger partial charge in [-0.15, -0.1) is 0 Å². The van der Waals surface area contributed by atoms with Gasteiger partial charge in [0.1, 0.15) is 11.6 Å². The summed E-state index contributed by atoms with van der Waals surface area (Å²) in [5.41, 5.74) is 0.330. The molecule has 0 radical (unpaired) electrons. The maximum absolute atomic E-state index is 11.7.